The molecule has 8 heteroatoms. The highest BCUT2D eigenvalue weighted by Gasteiger charge is 2.49. The van der Waals surface area contributed by atoms with Gasteiger partial charge in [0.05, 0.1) is 44.3 Å². The van der Waals surface area contributed by atoms with Gasteiger partial charge in [0.25, 0.3) is 0 Å². The smallest absolute Gasteiger partial charge is 0.343 e. The molecule has 1 spiro atoms. The Bertz CT molecular complexity index is 1380. The first kappa shape index (κ1) is 27.0. The van der Waals surface area contributed by atoms with Crippen molar-refractivity contribution in [1.29, 1.82) is 0 Å². The highest BCUT2D eigenvalue weighted by molar-refractivity contribution is 5.89. The van der Waals surface area contributed by atoms with E-state index in [1.807, 2.05) is 30.3 Å². The first-order valence-corrected chi connectivity index (χ1v) is 13.4. The maximum atomic E-state index is 13.1. The Labute approximate surface area is 228 Å². The molecule has 1 saturated carbocycles. The average Bonchev–Trinajstić information content (AvgIpc) is 2.92. The van der Waals surface area contributed by atoms with E-state index in [1.54, 1.807) is 33.4 Å². The summed E-state index contributed by atoms with van der Waals surface area (Å²) in [5, 5.41) is 0. The van der Waals surface area contributed by atoms with Crippen molar-refractivity contribution >= 4 is 5.97 Å². The predicted molar refractivity (Wildman–Crippen MR) is 147 cm³/mol. The normalized spacial score (nSPS) is 19.1. The van der Waals surface area contributed by atoms with Gasteiger partial charge in [0, 0.05) is 38.0 Å². The van der Waals surface area contributed by atoms with Gasteiger partial charge < -0.3 is 28.3 Å². The Kier molecular flexibility index (Phi) is 8.04. The van der Waals surface area contributed by atoms with Crippen molar-refractivity contribution in [3.63, 3.8) is 0 Å². The van der Waals surface area contributed by atoms with Crippen LogP contribution in [0.25, 0.3) is 11.3 Å². The van der Waals surface area contributed by atoms with E-state index in [4.69, 9.17) is 23.7 Å². The summed E-state index contributed by atoms with van der Waals surface area (Å²) in [6.45, 7) is 3.59. The molecule has 0 bridgehead atoms. The van der Waals surface area contributed by atoms with Gasteiger partial charge in [0.1, 0.15) is 5.56 Å². The number of hydrogen-bond donors (Lipinski definition) is 0. The van der Waals surface area contributed by atoms with E-state index in [0.29, 0.717) is 37.7 Å². The molecule has 2 aromatic carbocycles. The second kappa shape index (κ2) is 11.6. The first-order valence-electron chi connectivity index (χ1n) is 13.4. The van der Waals surface area contributed by atoms with Crippen LogP contribution in [0.4, 0.5) is 0 Å². The van der Waals surface area contributed by atoms with E-state index in [-0.39, 0.29) is 29.2 Å². The lowest BCUT2D eigenvalue weighted by Crippen LogP contribution is -2.54. The maximum Gasteiger partial charge on any atom is 0.343 e. The Morgan fingerprint density at radius 3 is 2.56 bits per heavy atom. The van der Waals surface area contributed by atoms with Gasteiger partial charge in [-0.25, -0.2) is 4.79 Å². The zero-order valence-corrected chi connectivity index (χ0v) is 22.7. The number of benzene rings is 2. The summed E-state index contributed by atoms with van der Waals surface area (Å²) in [6, 6.07) is 15.6. The van der Waals surface area contributed by atoms with Crippen LogP contribution < -0.4 is 14.9 Å². The van der Waals surface area contributed by atoms with Crippen LogP contribution in [0, 0.1) is 0 Å². The first-order chi connectivity index (χ1) is 19.0. The predicted octanol–water partition coefficient (Wildman–Crippen LogP) is 4.75. The molecule has 8 nitrogen and oxygen atoms in total. The van der Waals surface area contributed by atoms with Crippen molar-refractivity contribution in [3.8, 4) is 22.8 Å². The van der Waals surface area contributed by atoms with Crippen LogP contribution >= 0.6 is 0 Å². The van der Waals surface area contributed by atoms with Crippen molar-refractivity contribution in [2.75, 3.05) is 34.0 Å². The summed E-state index contributed by atoms with van der Waals surface area (Å²) in [6.07, 6.45) is 4.72. The molecule has 3 aromatic rings. The third-order valence-corrected chi connectivity index (χ3v) is 7.54. The van der Waals surface area contributed by atoms with E-state index in [2.05, 4.69) is 16.7 Å². The molecule has 0 unspecified atom stereocenters. The van der Waals surface area contributed by atoms with Crippen LogP contribution in [-0.4, -0.2) is 50.7 Å². The van der Waals surface area contributed by atoms with Crippen LogP contribution in [0.3, 0.4) is 0 Å². The molecule has 206 valence electrons. The van der Waals surface area contributed by atoms with Crippen LogP contribution in [0.15, 0.2) is 59.5 Å². The SMILES string of the molecule is CCOC(=O)c1cn2c(cc1=O)-c1cc(OC)c(OCCCOC)cc1CC21CC(OCc2ccccc2)C1. The number of ether oxygens (including phenoxy) is 5. The zero-order chi connectivity index (χ0) is 27.4. The van der Waals surface area contributed by atoms with Gasteiger partial charge in [-0.3, -0.25) is 4.79 Å². The van der Waals surface area contributed by atoms with Crippen LogP contribution in [-0.2, 0) is 32.8 Å². The number of esters is 1. The molecular formula is C31H35NO7. The molecule has 1 aliphatic heterocycles. The van der Waals surface area contributed by atoms with Gasteiger partial charge in [-0.15, -0.1) is 0 Å². The minimum Gasteiger partial charge on any atom is -0.493 e. The Hall–Kier alpha value is -3.62. The number of carbonyl (C=O) groups excluding carboxylic acids is 1. The number of methoxy groups -OCH3 is 2. The Morgan fingerprint density at radius 1 is 1.05 bits per heavy atom. The van der Waals surface area contributed by atoms with Crippen LogP contribution in [0.1, 0.15) is 47.7 Å². The lowest BCUT2D eigenvalue weighted by molar-refractivity contribution is -0.0817. The molecule has 2 aliphatic rings. The number of carbonyl (C=O) groups is 1. The number of nitrogens with zero attached hydrogens (tertiary/aromatic N) is 1. The van der Waals surface area contributed by atoms with Gasteiger partial charge in [-0.05, 0) is 49.4 Å². The van der Waals surface area contributed by atoms with E-state index >= 15 is 0 Å². The zero-order valence-electron chi connectivity index (χ0n) is 22.7. The summed E-state index contributed by atoms with van der Waals surface area (Å²) >= 11 is 0. The van der Waals surface area contributed by atoms with Crippen molar-refractivity contribution in [2.24, 2.45) is 0 Å². The molecular weight excluding hydrogens is 498 g/mol. The van der Waals surface area contributed by atoms with E-state index in [1.165, 1.54) is 0 Å². The van der Waals surface area contributed by atoms with Crippen LogP contribution in [0.5, 0.6) is 11.5 Å². The third kappa shape index (κ3) is 5.44. The third-order valence-electron chi connectivity index (χ3n) is 7.54. The Balaban J connectivity index is 1.49. The fourth-order valence-electron chi connectivity index (χ4n) is 5.61. The monoisotopic (exact) mass is 533 g/mol. The van der Waals surface area contributed by atoms with E-state index in [0.717, 1.165) is 41.6 Å². The summed E-state index contributed by atoms with van der Waals surface area (Å²) in [5.74, 6) is 0.651. The summed E-state index contributed by atoms with van der Waals surface area (Å²) in [7, 11) is 3.27. The number of aromatic nitrogens is 1. The molecule has 0 saturated heterocycles. The van der Waals surface area contributed by atoms with Crippen molar-refractivity contribution < 1.29 is 28.5 Å². The minimum absolute atomic E-state index is 0.0436. The quantitative estimate of drug-likeness (QED) is 0.260. The Morgan fingerprint density at radius 2 is 1.85 bits per heavy atom. The number of fused-ring (bicyclic) bond motifs is 4. The summed E-state index contributed by atoms with van der Waals surface area (Å²) in [5.41, 5.74) is 3.19. The van der Waals surface area contributed by atoms with E-state index in [9.17, 15) is 9.59 Å². The fraction of sp³-hybridized carbons (Fsp3) is 0.419. The molecule has 0 radical (unpaired) electrons. The van der Waals surface area contributed by atoms with Crippen LogP contribution in [0.2, 0.25) is 0 Å². The van der Waals surface area contributed by atoms with E-state index < -0.39 is 5.97 Å². The number of rotatable bonds is 11. The second-order valence-corrected chi connectivity index (χ2v) is 10.1. The van der Waals surface area contributed by atoms with Gasteiger partial charge in [0.2, 0.25) is 0 Å². The molecule has 0 amide bonds. The number of hydrogen-bond acceptors (Lipinski definition) is 7. The second-order valence-electron chi connectivity index (χ2n) is 10.1. The molecule has 1 aliphatic carbocycles. The molecule has 1 aromatic heterocycles. The van der Waals surface area contributed by atoms with Gasteiger partial charge in [-0.1, -0.05) is 30.3 Å². The molecule has 1 fully saturated rings. The lowest BCUT2D eigenvalue weighted by atomic mass is 9.67. The molecule has 39 heavy (non-hydrogen) atoms. The largest absolute Gasteiger partial charge is 0.493 e. The highest BCUT2D eigenvalue weighted by atomic mass is 16.5. The highest BCUT2D eigenvalue weighted by Crippen LogP contribution is 2.51. The molecule has 0 N–H and O–H groups in total. The van der Waals surface area contributed by atoms with Gasteiger partial charge in [0.15, 0.2) is 16.9 Å². The molecule has 0 atom stereocenters. The topological polar surface area (TPSA) is 85.2 Å². The van der Waals surface area contributed by atoms with Gasteiger partial charge in [-0.2, -0.15) is 0 Å². The van der Waals surface area contributed by atoms with Gasteiger partial charge >= 0.3 is 5.97 Å². The molecule has 5 rings (SSSR count). The minimum atomic E-state index is -0.604. The summed E-state index contributed by atoms with van der Waals surface area (Å²) < 4.78 is 30.4. The number of pyridine rings is 1. The average molecular weight is 534 g/mol. The standard InChI is InChI=1S/C31H35NO7/c1-4-37-30(34)25-19-32-26(15-27(25)33)24-14-28(36-3)29(38-12-8-11-35-2)13-22(24)16-31(32)17-23(18-31)39-20-21-9-6-5-7-10-21/h5-7,9-10,13-15,19,23H,4,8,11-12,16-18,20H2,1-3H3. The summed E-state index contributed by atoms with van der Waals surface area (Å²) in [4.78, 5) is 25.7. The van der Waals surface area contributed by atoms with Crippen molar-refractivity contribution in [1.82, 2.24) is 4.57 Å². The lowest BCUT2D eigenvalue weighted by Gasteiger charge is -2.52. The molecule has 2 heterocycles. The van der Waals surface area contributed by atoms with Crippen molar-refractivity contribution in [2.45, 2.75) is 50.9 Å². The maximum absolute atomic E-state index is 13.1. The van der Waals surface area contributed by atoms with Crippen molar-refractivity contribution in [3.05, 3.63) is 81.6 Å². The fourth-order valence-corrected chi connectivity index (χ4v) is 5.61.